The highest BCUT2D eigenvalue weighted by atomic mass is 19.1. The molecule has 22 rings (SSSR count). The minimum Gasteiger partial charge on any atom is -0.383 e. The normalized spacial score (nSPS) is 15.2. The molecule has 6 fully saturated rings. The lowest BCUT2D eigenvalue weighted by Gasteiger charge is -2.12. The van der Waals surface area contributed by atoms with Gasteiger partial charge in [-0.1, -0.05) is 80.9 Å². The number of aromatic nitrogens is 16. The second-order valence-corrected chi connectivity index (χ2v) is 35.8. The zero-order valence-corrected chi connectivity index (χ0v) is 72.3. The highest BCUT2D eigenvalue weighted by Gasteiger charge is 2.45. The Morgan fingerprint density at radius 3 is 1.02 bits per heavy atom. The van der Waals surface area contributed by atoms with E-state index in [0.29, 0.717) is 131 Å². The zero-order valence-electron chi connectivity index (χ0n) is 72.3. The van der Waals surface area contributed by atoms with Crippen molar-refractivity contribution >= 4 is 138 Å². The highest BCUT2D eigenvalue weighted by Crippen LogP contribution is 2.51. The minimum absolute atomic E-state index is 0. The van der Waals surface area contributed by atoms with Gasteiger partial charge in [0.05, 0.1) is 44.3 Å². The molecule has 16 N–H and O–H groups in total. The number of hydrogen-bond acceptors (Lipinski definition) is 24. The molecule has 684 valence electrons. The van der Waals surface area contributed by atoms with Crippen molar-refractivity contribution in [1.82, 2.24) is 78.8 Å². The Labute approximate surface area is 754 Å². The van der Waals surface area contributed by atoms with Crippen LogP contribution in [0.25, 0.3) is 88.6 Å². The Balaban J connectivity index is 0.000000118. The van der Waals surface area contributed by atoms with Crippen LogP contribution in [0, 0.1) is 23.3 Å². The van der Waals surface area contributed by atoms with Crippen molar-refractivity contribution in [3.05, 3.63) is 193 Å². The Kier molecular flexibility index (Phi) is 22.6. The van der Waals surface area contributed by atoms with Crippen LogP contribution in [-0.4, -0.2) is 103 Å². The molecule has 41 heteroatoms. The quantitative estimate of drug-likeness (QED) is 0.0335. The van der Waals surface area contributed by atoms with E-state index in [-0.39, 0.29) is 64.0 Å². The number of carbonyl (C=O) groups excluding carboxylic acids is 4. The van der Waals surface area contributed by atoms with E-state index in [9.17, 15) is 36.7 Å². The molecule has 0 aliphatic heterocycles. The van der Waals surface area contributed by atoms with Crippen molar-refractivity contribution in [2.75, 3.05) is 65.5 Å². The van der Waals surface area contributed by atoms with E-state index in [4.69, 9.17) is 41.0 Å². The first-order valence-corrected chi connectivity index (χ1v) is 42.8. The number of nitrogens with zero attached hydrogens (tertiary/aromatic N) is 16. The minimum atomic E-state index is -1.72. The number of nitrogen functional groups attached to an aromatic ring is 4. The van der Waals surface area contributed by atoms with E-state index >= 15 is 4.39 Å². The van der Waals surface area contributed by atoms with E-state index in [0.717, 1.165) is 111 Å². The fourth-order valence-corrected chi connectivity index (χ4v) is 15.5. The Morgan fingerprint density at radius 1 is 0.376 bits per heavy atom. The van der Waals surface area contributed by atoms with Gasteiger partial charge in [-0.25, -0.2) is 81.0 Å². The van der Waals surface area contributed by atoms with Gasteiger partial charge in [0.25, 0.3) is 0 Å². The fourth-order valence-electron chi connectivity index (χ4n) is 15.5. The van der Waals surface area contributed by atoms with Gasteiger partial charge in [-0.05, 0) is 162 Å². The number of benzene rings is 4. The lowest BCUT2D eigenvalue weighted by Crippen LogP contribution is -2.20. The van der Waals surface area contributed by atoms with Crippen LogP contribution in [0.3, 0.4) is 0 Å². The van der Waals surface area contributed by atoms with Crippen molar-refractivity contribution in [2.45, 2.75) is 179 Å². The molecule has 0 saturated heterocycles. The van der Waals surface area contributed by atoms with Gasteiger partial charge in [-0.3, -0.25) is 21.3 Å². The molecule has 8 amide bonds. The highest BCUT2D eigenvalue weighted by molar-refractivity contribution is 6.07. The SMILES string of the molecule is C.CC(C)(C)c1cc(NC(=O)Nc2ccc(-c3cn(C4CC4)c4ncnc(N)c34)cc2F)on1.CC(C)(F)c1cc(NC(=O)Nc2ccc(-c3cn(C4CC4)c4ncnc(N)c34)cc2F)on1.CC1(c2cc(NC(=O)Nc3ccc(-c4cn(C5CC5)c5ncnc(N)c45)c(F)c3)no2)CC1.CC1(c2cc(NC(=O)Nc3ccc(-c4cn(C5CC5)c5ncnc(N)c45)cc3F)no2)CC1. The molecule has 36 nitrogen and oxygen atoms in total. The second-order valence-electron chi connectivity index (χ2n) is 35.8. The molecule has 6 saturated carbocycles. The van der Waals surface area contributed by atoms with Crippen molar-refractivity contribution < 1.29 is 59.2 Å². The molecular weight excluding hydrogens is 1720 g/mol. The molecule has 12 aromatic heterocycles. The molecule has 133 heavy (non-hydrogen) atoms. The topological polar surface area (TPSA) is 496 Å². The maximum Gasteiger partial charge on any atom is 0.326 e. The Morgan fingerprint density at radius 2 is 0.707 bits per heavy atom. The molecule has 0 bridgehead atoms. The number of carbonyl (C=O) groups is 4. The number of fused-ring (bicyclic) bond motifs is 4. The van der Waals surface area contributed by atoms with Crippen molar-refractivity contribution in [1.29, 1.82) is 0 Å². The van der Waals surface area contributed by atoms with Crippen LogP contribution < -0.4 is 65.5 Å². The summed E-state index contributed by atoms with van der Waals surface area (Å²) >= 11 is 0. The third-order valence-electron chi connectivity index (χ3n) is 24.0. The van der Waals surface area contributed by atoms with Crippen molar-refractivity contribution in [2.24, 2.45) is 0 Å². The maximum absolute atomic E-state index is 15.2. The van der Waals surface area contributed by atoms with Crippen LogP contribution in [0.5, 0.6) is 0 Å². The molecule has 6 aliphatic carbocycles. The molecular formula is C92H93F5N28O8. The van der Waals surface area contributed by atoms with Gasteiger partial charge < -0.3 is 80.6 Å². The second kappa shape index (κ2) is 34.2. The Hall–Kier alpha value is -15.9. The van der Waals surface area contributed by atoms with Crippen molar-refractivity contribution in [3.8, 4) is 44.5 Å². The number of hydrogen-bond donors (Lipinski definition) is 12. The zero-order chi connectivity index (χ0) is 92.1. The van der Waals surface area contributed by atoms with E-state index < -0.39 is 53.1 Å². The number of alkyl halides is 1. The largest absolute Gasteiger partial charge is 0.383 e. The third-order valence-corrected chi connectivity index (χ3v) is 24.0. The van der Waals surface area contributed by atoms with Crippen LogP contribution in [0.1, 0.15) is 180 Å². The standard InChI is InChI=1S/2C23H22FN7O2.C23H24FN7O2.C22H21F2N7O2.CH4/c1-23(6-7-23)17-9-18(30-33-17)29-22(32)28-16-5-2-12(8-15(16)24)14-10-31(13-3-4-13)21-19(14)20(25)26-11-27-21;1-23(6-7-23)17-9-18(30-33-17)29-22(32)28-12-2-5-14(16(24)8-12)15-10-31(13-3-4-13)21-19(15)20(25)26-11-27-21;1-23(2,3)17-9-18(33-30-17)29-22(32)28-16-7-4-12(8-15(16)24)14-10-31(13-5-6-13)21-19(14)20(25)26-11-27-21;1-22(2,24)16-8-17(33-30-16)29-21(32)28-15-6-3-11(7-14(15)23)13-9-31(12-4-5-12)20-18(13)19(25)26-10-27-20;/h2*2,5,8-11,13H,3-4,6-7H2,1H3,(H2,25,26,27)(H2,28,29,30,32);4,7-11,13H,5-6H2,1-3H3,(H2,25,26,27)(H2,28,29,32);3,6-10,12H,4-5H2,1-2H3,(H2,25,26,27)(H2,28,29,32);1H4. The lowest BCUT2D eigenvalue weighted by molar-refractivity contribution is 0.205. The average Bonchev–Trinajstić information content (AvgIpc) is 1.61. The summed E-state index contributed by atoms with van der Waals surface area (Å²) in [6, 6.07) is 23.4. The molecule has 16 aromatic rings. The summed E-state index contributed by atoms with van der Waals surface area (Å²) in [5.74, 6) is 1.24. The van der Waals surface area contributed by atoms with E-state index in [1.165, 1.54) is 87.7 Å². The number of urea groups is 4. The van der Waals surface area contributed by atoms with Crippen LogP contribution in [0.15, 0.2) is 165 Å². The third kappa shape index (κ3) is 18.5. The predicted octanol–water partition coefficient (Wildman–Crippen LogP) is 20.4. The number of halogens is 5. The first-order valence-electron chi connectivity index (χ1n) is 42.8. The number of nitrogens with two attached hydrogens (primary N) is 4. The summed E-state index contributed by atoms with van der Waals surface area (Å²) in [5, 5.41) is 38.1. The summed E-state index contributed by atoms with van der Waals surface area (Å²) in [7, 11) is 0. The summed E-state index contributed by atoms with van der Waals surface area (Å²) < 4.78 is 103. The summed E-state index contributed by atoms with van der Waals surface area (Å²) in [6.45, 7) is 12.7. The number of rotatable bonds is 19. The molecule has 12 heterocycles. The smallest absolute Gasteiger partial charge is 0.326 e. The van der Waals surface area contributed by atoms with Gasteiger partial charge in [0, 0.05) is 123 Å². The van der Waals surface area contributed by atoms with E-state index in [1.54, 1.807) is 48.5 Å². The molecule has 0 unspecified atom stereocenters. The van der Waals surface area contributed by atoms with Crippen LogP contribution >= 0.6 is 0 Å². The number of amides is 8. The van der Waals surface area contributed by atoms with Gasteiger partial charge in [0.1, 0.15) is 112 Å². The Bertz CT molecular complexity index is 6750. The first-order chi connectivity index (χ1) is 63.2. The van der Waals surface area contributed by atoms with Gasteiger partial charge in [0.2, 0.25) is 11.8 Å². The van der Waals surface area contributed by atoms with Gasteiger partial charge in [0.15, 0.2) is 17.3 Å². The van der Waals surface area contributed by atoms with Crippen molar-refractivity contribution in [3.63, 3.8) is 0 Å². The summed E-state index contributed by atoms with van der Waals surface area (Å²) in [6.07, 6.45) is 26.0. The molecule has 0 spiro atoms. The van der Waals surface area contributed by atoms with Crippen LogP contribution in [0.2, 0.25) is 0 Å². The molecule has 0 radical (unpaired) electrons. The fraction of sp³-hybridized carbons (Fsp3) is 0.304. The lowest BCUT2D eigenvalue weighted by atomic mass is 9.92. The van der Waals surface area contributed by atoms with Crippen LogP contribution in [-0.2, 0) is 21.9 Å². The first kappa shape index (κ1) is 87.8. The molecule has 4 aromatic carbocycles. The van der Waals surface area contributed by atoms with Gasteiger partial charge in [-0.2, -0.15) is 0 Å². The predicted molar refractivity (Wildman–Crippen MR) is 492 cm³/mol. The summed E-state index contributed by atoms with van der Waals surface area (Å²) in [5.41, 5.74) is 31.6. The maximum atomic E-state index is 15.2. The molecule has 0 atom stereocenters. The summed E-state index contributed by atoms with van der Waals surface area (Å²) in [4.78, 5) is 83.2. The number of nitrogens with one attached hydrogen (secondary N) is 8. The van der Waals surface area contributed by atoms with E-state index in [2.05, 4.69) is 126 Å². The van der Waals surface area contributed by atoms with E-state index in [1.807, 2.05) is 54.7 Å². The average molecular weight is 1810 g/mol. The van der Waals surface area contributed by atoms with Gasteiger partial charge >= 0.3 is 24.1 Å². The molecule has 6 aliphatic rings. The monoisotopic (exact) mass is 1810 g/mol. The van der Waals surface area contributed by atoms with Crippen LogP contribution in [0.4, 0.5) is 111 Å². The van der Waals surface area contributed by atoms with Gasteiger partial charge in [-0.15, -0.1) is 0 Å². The number of anilines is 12.